The molecule has 0 saturated carbocycles. The molecule has 1 aliphatic heterocycles. The van der Waals surface area contributed by atoms with Gasteiger partial charge in [-0.3, -0.25) is 4.79 Å². The van der Waals surface area contributed by atoms with E-state index in [1.807, 2.05) is 18.2 Å². The molecule has 3 rings (SSSR count). The number of fused-ring (bicyclic) bond motifs is 3. The van der Waals surface area contributed by atoms with Crippen LogP contribution in [0.3, 0.4) is 0 Å². The third-order valence-electron chi connectivity index (χ3n) is 3.93. The molecule has 20 heavy (non-hydrogen) atoms. The van der Waals surface area contributed by atoms with E-state index in [2.05, 4.69) is 12.2 Å². The summed E-state index contributed by atoms with van der Waals surface area (Å²) in [6, 6.07) is 5.89. The number of nitrogens with one attached hydrogen (secondary N) is 1. The Morgan fingerprint density at radius 2 is 2.30 bits per heavy atom. The minimum absolute atomic E-state index is 0.110. The van der Waals surface area contributed by atoms with Gasteiger partial charge in [0.15, 0.2) is 0 Å². The minimum atomic E-state index is -0.110. The Labute approximate surface area is 117 Å². The van der Waals surface area contributed by atoms with Crippen molar-refractivity contribution < 1.29 is 4.74 Å². The Kier molecular flexibility index (Phi) is 3.04. The molecular weight excluding hydrogens is 254 g/mol. The first-order valence-electron chi connectivity index (χ1n) is 6.93. The SMILES string of the molecule is CCC1CCOc2c(c3cc(N)ccc3n(C)c2=O)N1. The molecule has 1 aromatic carbocycles. The first-order chi connectivity index (χ1) is 9.61. The molecule has 5 heteroatoms. The zero-order valence-electron chi connectivity index (χ0n) is 11.8. The van der Waals surface area contributed by atoms with Crippen molar-refractivity contribution in [3.8, 4) is 5.75 Å². The van der Waals surface area contributed by atoms with Crippen molar-refractivity contribution in [3.63, 3.8) is 0 Å². The third kappa shape index (κ3) is 1.90. The van der Waals surface area contributed by atoms with Crippen LogP contribution >= 0.6 is 0 Å². The lowest BCUT2D eigenvalue weighted by Gasteiger charge is -2.17. The number of ether oxygens (including phenoxy) is 1. The predicted octanol–water partition coefficient (Wildman–Crippen LogP) is 2.09. The van der Waals surface area contributed by atoms with E-state index in [4.69, 9.17) is 10.5 Å². The van der Waals surface area contributed by atoms with Crippen LogP contribution in [-0.2, 0) is 7.05 Å². The second-order valence-electron chi connectivity index (χ2n) is 5.23. The summed E-state index contributed by atoms with van der Waals surface area (Å²) in [5, 5.41) is 4.39. The summed E-state index contributed by atoms with van der Waals surface area (Å²) < 4.78 is 7.32. The number of benzene rings is 1. The van der Waals surface area contributed by atoms with Crippen LogP contribution in [0.15, 0.2) is 23.0 Å². The van der Waals surface area contributed by atoms with E-state index >= 15 is 0 Å². The van der Waals surface area contributed by atoms with E-state index in [0.717, 1.165) is 29.4 Å². The van der Waals surface area contributed by atoms with Gasteiger partial charge in [-0.1, -0.05) is 6.92 Å². The monoisotopic (exact) mass is 273 g/mol. The molecule has 0 fully saturated rings. The fourth-order valence-corrected chi connectivity index (χ4v) is 2.70. The van der Waals surface area contributed by atoms with E-state index in [1.165, 1.54) is 0 Å². The number of hydrogen-bond donors (Lipinski definition) is 2. The summed E-state index contributed by atoms with van der Waals surface area (Å²) >= 11 is 0. The highest BCUT2D eigenvalue weighted by Crippen LogP contribution is 2.34. The lowest BCUT2D eigenvalue weighted by atomic mass is 10.1. The largest absolute Gasteiger partial charge is 0.486 e. The average molecular weight is 273 g/mol. The maximum absolute atomic E-state index is 12.4. The minimum Gasteiger partial charge on any atom is -0.486 e. The van der Waals surface area contributed by atoms with Gasteiger partial charge in [-0.05, 0) is 24.6 Å². The Bertz CT molecular complexity index is 721. The number of nitrogens with zero attached hydrogens (tertiary/aromatic N) is 1. The number of aryl methyl sites for hydroxylation is 1. The molecule has 0 bridgehead atoms. The van der Waals surface area contributed by atoms with E-state index in [-0.39, 0.29) is 5.56 Å². The van der Waals surface area contributed by atoms with Crippen LogP contribution in [0.2, 0.25) is 0 Å². The number of rotatable bonds is 1. The standard InChI is InChI=1S/C15H19N3O2/c1-3-10-6-7-20-14-13(17-10)11-8-9(16)4-5-12(11)18(2)15(14)19/h4-5,8,10,17H,3,6-7,16H2,1-2H3. The molecule has 3 N–H and O–H groups in total. The van der Waals surface area contributed by atoms with Gasteiger partial charge >= 0.3 is 0 Å². The van der Waals surface area contributed by atoms with Gasteiger partial charge in [0.2, 0.25) is 5.75 Å². The van der Waals surface area contributed by atoms with E-state index in [1.54, 1.807) is 11.6 Å². The highest BCUT2D eigenvalue weighted by Gasteiger charge is 2.22. The van der Waals surface area contributed by atoms with E-state index < -0.39 is 0 Å². The van der Waals surface area contributed by atoms with E-state index in [9.17, 15) is 4.79 Å². The highest BCUT2D eigenvalue weighted by atomic mass is 16.5. The first-order valence-corrected chi connectivity index (χ1v) is 6.93. The molecule has 0 spiro atoms. The average Bonchev–Trinajstić information content (AvgIpc) is 2.67. The maximum atomic E-state index is 12.4. The zero-order chi connectivity index (χ0) is 14.3. The van der Waals surface area contributed by atoms with Crippen molar-refractivity contribution in [2.75, 3.05) is 17.7 Å². The molecule has 1 unspecified atom stereocenters. The Morgan fingerprint density at radius 1 is 1.50 bits per heavy atom. The molecule has 2 aromatic rings. The summed E-state index contributed by atoms with van der Waals surface area (Å²) in [4.78, 5) is 12.4. The normalized spacial score (nSPS) is 18.0. The Morgan fingerprint density at radius 3 is 3.05 bits per heavy atom. The zero-order valence-corrected chi connectivity index (χ0v) is 11.8. The second-order valence-corrected chi connectivity index (χ2v) is 5.23. The van der Waals surface area contributed by atoms with Crippen LogP contribution in [0.1, 0.15) is 19.8 Å². The molecule has 1 atom stereocenters. The summed E-state index contributed by atoms with van der Waals surface area (Å²) in [5.41, 5.74) is 8.10. The van der Waals surface area contributed by atoms with Gasteiger partial charge in [-0.2, -0.15) is 0 Å². The maximum Gasteiger partial charge on any atom is 0.295 e. The number of pyridine rings is 1. The summed E-state index contributed by atoms with van der Waals surface area (Å²) in [5.74, 6) is 0.404. The van der Waals surface area contributed by atoms with Crippen LogP contribution in [0.4, 0.5) is 11.4 Å². The van der Waals surface area contributed by atoms with Gasteiger partial charge in [0.1, 0.15) is 0 Å². The van der Waals surface area contributed by atoms with Crippen molar-refractivity contribution in [1.82, 2.24) is 4.57 Å². The van der Waals surface area contributed by atoms with Gasteiger partial charge in [-0.25, -0.2) is 0 Å². The topological polar surface area (TPSA) is 69.3 Å². The quantitative estimate of drug-likeness (QED) is 0.781. The van der Waals surface area contributed by atoms with Gasteiger partial charge < -0.3 is 20.4 Å². The molecule has 0 aliphatic carbocycles. The fraction of sp³-hybridized carbons (Fsp3) is 0.400. The predicted molar refractivity (Wildman–Crippen MR) is 81.4 cm³/mol. The number of anilines is 2. The van der Waals surface area contributed by atoms with Crippen molar-refractivity contribution in [2.24, 2.45) is 7.05 Å². The smallest absolute Gasteiger partial charge is 0.295 e. The van der Waals surface area contributed by atoms with E-state index in [0.29, 0.717) is 24.1 Å². The van der Waals surface area contributed by atoms with Crippen molar-refractivity contribution in [2.45, 2.75) is 25.8 Å². The van der Waals surface area contributed by atoms with Crippen LogP contribution in [-0.4, -0.2) is 17.2 Å². The van der Waals surface area contributed by atoms with Crippen LogP contribution < -0.4 is 21.3 Å². The molecule has 0 radical (unpaired) electrons. The van der Waals surface area contributed by atoms with Crippen LogP contribution in [0, 0.1) is 0 Å². The number of nitrogens with two attached hydrogens (primary N) is 1. The summed E-state index contributed by atoms with van der Waals surface area (Å²) in [7, 11) is 1.76. The Balaban J connectivity index is 2.35. The number of aromatic nitrogens is 1. The molecule has 0 amide bonds. The third-order valence-corrected chi connectivity index (χ3v) is 3.93. The van der Waals surface area contributed by atoms with Crippen LogP contribution in [0.25, 0.3) is 10.9 Å². The number of nitrogen functional groups attached to an aromatic ring is 1. The van der Waals surface area contributed by atoms with Crippen molar-refractivity contribution in [1.29, 1.82) is 0 Å². The molecule has 1 aromatic heterocycles. The molecule has 106 valence electrons. The second kappa shape index (κ2) is 4.74. The van der Waals surface area contributed by atoms with Crippen molar-refractivity contribution in [3.05, 3.63) is 28.6 Å². The van der Waals surface area contributed by atoms with Gasteiger partial charge in [0.05, 0.1) is 17.8 Å². The fourth-order valence-electron chi connectivity index (χ4n) is 2.70. The molecule has 2 heterocycles. The molecule has 5 nitrogen and oxygen atoms in total. The lowest BCUT2D eigenvalue weighted by molar-refractivity contribution is 0.306. The summed E-state index contributed by atoms with van der Waals surface area (Å²) in [6.45, 7) is 2.68. The number of hydrogen-bond acceptors (Lipinski definition) is 4. The van der Waals surface area contributed by atoms with Gasteiger partial charge in [-0.15, -0.1) is 0 Å². The molecular formula is C15H19N3O2. The molecule has 1 aliphatic rings. The van der Waals surface area contributed by atoms with Gasteiger partial charge in [0.25, 0.3) is 5.56 Å². The highest BCUT2D eigenvalue weighted by molar-refractivity contribution is 5.96. The van der Waals surface area contributed by atoms with Crippen LogP contribution in [0.5, 0.6) is 5.75 Å². The lowest BCUT2D eigenvalue weighted by Crippen LogP contribution is -2.21. The first kappa shape index (κ1) is 12.8. The Hall–Kier alpha value is -2.17. The van der Waals surface area contributed by atoms with Gasteiger partial charge in [0, 0.05) is 30.6 Å². The molecule has 0 saturated heterocycles. The van der Waals surface area contributed by atoms with Crippen molar-refractivity contribution >= 4 is 22.3 Å². The summed E-state index contributed by atoms with van der Waals surface area (Å²) in [6.07, 6.45) is 1.87.